The van der Waals surface area contributed by atoms with Gasteiger partial charge in [-0.05, 0) is 68.3 Å². The summed E-state index contributed by atoms with van der Waals surface area (Å²) in [5.41, 5.74) is 6.11. The minimum Gasteiger partial charge on any atom is -0.240 e. The average Bonchev–Trinajstić information content (AvgIpc) is 3.54. The highest BCUT2D eigenvalue weighted by Crippen LogP contribution is 2.15. The van der Waals surface area contributed by atoms with Crippen molar-refractivity contribution in [3.8, 4) is 0 Å². The van der Waals surface area contributed by atoms with E-state index in [4.69, 9.17) is 0 Å². The van der Waals surface area contributed by atoms with Gasteiger partial charge in [-0.3, -0.25) is 0 Å². The number of hydrogen-bond donors (Lipinski definition) is 0. The number of fused-ring (bicyclic) bond motifs is 4. The molecular formula is C69H107N16+7. The summed E-state index contributed by atoms with van der Waals surface area (Å²) in [4.78, 5) is 12.0. The zero-order valence-electron chi connectivity index (χ0n) is 57.2. The number of pyridine rings is 2. The second-order valence-corrected chi connectivity index (χ2v) is 17.4. The highest BCUT2D eigenvalue weighted by atomic mass is 15.4. The lowest BCUT2D eigenvalue weighted by molar-refractivity contribution is -0.741. The van der Waals surface area contributed by atoms with Crippen LogP contribution in [0.1, 0.15) is 129 Å². The SMILES string of the molecule is CC.CC.CC.CC.CC.CC.Cc1c2ccccc2cc[n+]1C.Cc1c2ccccc2cn[n+]1C.Cc1c2ccccc2nc[n+]1C.Cc1cc2ccccc2c[n+]1C.Cc1ncnc[n+]1C.Cc1nnc(C)[n+](C)n1.Cc1nncc[n+]1C. The first-order chi connectivity index (χ1) is 40.9. The Morgan fingerprint density at radius 3 is 1.41 bits per heavy atom. The average molecular weight is 1160 g/mol. The molecule has 0 atom stereocenters. The van der Waals surface area contributed by atoms with Crippen LogP contribution >= 0.6 is 0 Å². The summed E-state index contributed by atoms with van der Waals surface area (Å²) in [6.07, 6.45) is 14.8. The molecule has 7 aromatic heterocycles. The van der Waals surface area contributed by atoms with Crippen LogP contribution in [0.2, 0.25) is 0 Å². The Hall–Kier alpha value is -8.66. The minimum absolute atomic E-state index is 0.697. The molecule has 11 aromatic rings. The Morgan fingerprint density at radius 2 is 0.894 bits per heavy atom. The van der Waals surface area contributed by atoms with Crippen molar-refractivity contribution in [2.24, 2.45) is 49.3 Å². The van der Waals surface area contributed by atoms with Crippen LogP contribution in [0.5, 0.6) is 0 Å². The van der Waals surface area contributed by atoms with Crippen molar-refractivity contribution < 1.29 is 32.2 Å². The van der Waals surface area contributed by atoms with Gasteiger partial charge < -0.3 is 0 Å². The van der Waals surface area contributed by atoms with E-state index in [0.29, 0.717) is 5.82 Å². The molecule has 0 unspecified atom stereocenters. The molecule has 0 saturated carbocycles. The largest absolute Gasteiger partial charge is 0.343 e. The van der Waals surface area contributed by atoms with Gasteiger partial charge in [-0.15, -0.1) is 4.68 Å². The van der Waals surface area contributed by atoms with Gasteiger partial charge >= 0.3 is 11.6 Å². The van der Waals surface area contributed by atoms with Crippen LogP contribution < -0.4 is 32.2 Å². The van der Waals surface area contributed by atoms with Crippen LogP contribution in [-0.2, 0) is 49.3 Å². The van der Waals surface area contributed by atoms with E-state index in [-0.39, 0.29) is 0 Å². The Bertz CT molecular complexity index is 3230. The van der Waals surface area contributed by atoms with Crippen LogP contribution in [0.3, 0.4) is 0 Å². The van der Waals surface area contributed by atoms with Crippen LogP contribution in [0.25, 0.3) is 43.2 Å². The van der Waals surface area contributed by atoms with Crippen LogP contribution in [0, 0.1) is 55.4 Å². The first kappa shape index (κ1) is 78.4. The van der Waals surface area contributed by atoms with E-state index in [1.165, 1.54) is 66.8 Å². The fourth-order valence-electron chi connectivity index (χ4n) is 6.89. The second-order valence-electron chi connectivity index (χ2n) is 17.4. The van der Waals surface area contributed by atoms with E-state index in [1.807, 2.05) is 207 Å². The van der Waals surface area contributed by atoms with E-state index in [2.05, 4.69) is 194 Å². The summed E-state index contributed by atoms with van der Waals surface area (Å²) in [6, 6.07) is 37.7. The van der Waals surface area contributed by atoms with E-state index in [9.17, 15) is 0 Å². The van der Waals surface area contributed by atoms with Gasteiger partial charge in [0, 0.05) is 76.8 Å². The highest BCUT2D eigenvalue weighted by molar-refractivity contribution is 5.84. The Morgan fingerprint density at radius 1 is 0.376 bits per heavy atom. The standard InChI is InChI=1S/2C11H12N.2C10H11N2.C5H9N4.2C5H8N3.6C2H6/c1-9-7-10-5-3-4-6-11(10)8-12(9)2;1-9-11-6-4-3-5-10(11)7-8-12(9)2;1-8-9-5-3-4-6-10(9)11-7-12(8)2;1-8-10-6-4-3-5-9(10)7-11-12(8)2;1-4-6-7-5(2)9(3)8-4;1-5-7-3-6-4-8(5)2;1-5-7-6-3-4-8(5)2;6*1-2/h2*3-8H,1-2H3;2*3-7H,1-2H3;1-3H3;2*3-4H,1-2H3;6*1-2H3/q7*+1;;;;;;. The molecule has 0 amide bonds. The van der Waals surface area contributed by atoms with Crippen molar-refractivity contribution in [3.05, 3.63) is 205 Å². The second kappa shape index (κ2) is 45.8. The molecule has 0 aliphatic rings. The third kappa shape index (κ3) is 27.5. The highest BCUT2D eigenvalue weighted by Gasteiger charge is 2.09. The third-order valence-electron chi connectivity index (χ3n) is 12.2. The van der Waals surface area contributed by atoms with Gasteiger partial charge in [0.15, 0.2) is 36.3 Å². The van der Waals surface area contributed by atoms with Crippen LogP contribution in [-0.4, -0.2) is 45.5 Å². The smallest absolute Gasteiger partial charge is 0.240 e. The molecule has 0 aliphatic heterocycles. The van der Waals surface area contributed by atoms with Crippen molar-refractivity contribution in [1.29, 1.82) is 0 Å². The van der Waals surface area contributed by atoms with Crippen LogP contribution in [0.15, 0.2) is 159 Å². The monoisotopic (exact) mass is 1160 g/mol. The number of hydrogen-bond acceptors (Lipinski definition) is 9. The first-order valence-corrected chi connectivity index (χ1v) is 29.8. The van der Waals surface area contributed by atoms with Crippen molar-refractivity contribution in [3.63, 3.8) is 0 Å². The molecule has 0 N–H and O–H groups in total. The minimum atomic E-state index is 0.697. The fourth-order valence-corrected chi connectivity index (χ4v) is 6.89. The number of benzene rings is 4. The maximum absolute atomic E-state index is 4.30. The third-order valence-corrected chi connectivity index (χ3v) is 12.2. The van der Waals surface area contributed by atoms with Gasteiger partial charge in [0.1, 0.15) is 45.4 Å². The molecule has 0 saturated heterocycles. The van der Waals surface area contributed by atoms with Crippen molar-refractivity contribution >= 4 is 43.2 Å². The van der Waals surface area contributed by atoms with E-state index in [1.54, 1.807) is 17.2 Å². The van der Waals surface area contributed by atoms with Gasteiger partial charge in [-0.1, -0.05) is 170 Å². The molecule has 16 nitrogen and oxygen atoms in total. The van der Waals surface area contributed by atoms with Gasteiger partial charge in [-0.2, -0.15) is 0 Å². The molecule has 85 heavy (non-hydrogen) atoms. The maximum atomic E-state index is 4.30. The Kier molecular flexibility index (Phi) is 42.3. The molecule has 16 heteroatoms. The summed E-state index contributed by atoms with van der Waals surface area (Å²) in [5, 5.41) is 32.3. The summed E-state index contributed by atoms with van der Waals surface area (Å²) >= 11 is 0. The number of para-hydroxylation sites is 1. The number of aryl methyl sites for hydroxylation is 15. The molecule has 456 valence electrons. The van der Waals surface area contributed by atoms with Gasteiger partial charge in [0.2, 0.25) is 23.7 Å². The normalized spacial score (nSPS) is 9.12. The molecule has 7 heterocycles. The van der Waals surface area contributed by atoms with Crippen molar-refractivity contribution in [1.82, 2.24) is 45.5 Å². The van der Waals surface area contributed by atoms with Gasteiger partial charge in [0.05, 0.1) is 42.1 Å². The lowest BCUT2D eigenvalue weighted by Gasteiger charge is -1.98. The zero-order chi connectivity index (χ0) is 65.0. The lowest BCUT2D eigenvalue weighted by Crippen LogP contribution is -2.38. The lowest BCUT2D eigenvalue weighted by atomic mass is 10.1. The molecule has 0 fully saturated rings. The predicted molar refractivity (Wildman–Crippen MR) is 349 cm³/mol. The van der Waals surface area contributed by atoms with Gasteiger partial charge in [-0.25, -0.2) is 22.8 Å². The predicted octanol–water partition coefficient (Wildman–Crippen LogP) is 11.4. The Balaban J connectivity index is 0. The summed E-state index contributed by atoms with van der Waals surface area (Å²) in [5.74, 6) is 3.41. The van der Waals surface area contributed by atoms with Gasteiger partial charge in [0.25, 0.3) is 12.7 Å². The topological polar surface area (TPSA) is 143 Å². The number of aromatic nitrogens is 16. The number of nitrogens with zero attached hydrogens (tertiary/aromatic N) is 16. The van der Waals surface area contributed by atoms with Crippen LogP contribution in [0.4, 0.5) is 0 Å². The summed E-state index contributed by atoms with van der Waals surface area (Å²) in [7, 11) is 13.8. The quantitative estimate of drug-likeness (QED) is 0.136. The fraction of sp³-hybridized carbons (Fsp3) is 0.391. The molecule has 4 aromatic carbocycles. The molecule has 0 aliphatic carbocycles. The molecule has 0 bridgehead atoms. The summed E-state index contributed by atoms with van der Waals surface area (Å²) in [6.45, 7) is 40.0. The molecule has 0 radical (unpaired) electrons. The van der Waals surface area contributed by atoms with E-state index in [0.717, 1.165) is 23.0 Å². The molecular weight excluding hydrogens is 1050 g/mol. The van der Waals surface area contributed by atoms with E-state index >= 15 is 0 Å². The first-order valence-electron chi connectivity index (χ1n) is 29.8. The van der Waals surface area contributed by atoms with E-state index < -0.39 is 0 Å². The summed E-state index contributed by atoms with van der Waals surface area (Å²) < 4.78 is 13.7. The molecule has 11 rings (SSSR count). The Labute approximate surface area is 511 Å². The van der Waals surface area contributed by atoms with Crippen molar-refractivity contribution in [2.45, 2.75) is 138 Å². The van der Waals surface area contributed by atoms with Crippen molar-refractivity contribution in [2.75, 3.05) is 0 Å². The molecule has 0 spiro atoms. The number of rotatable bonds is 0. The zero-order valence-corrected chi connectivity index (χ0v) is 57.2. The maximum Gasteiger partial charge on any atom is 0.343 e.